The lowest BCUT2D eigenvalue weighted by atomic mass is 10.0. The van der Waals surface area contributed by atoms with E-state index in [1.54, 1.807) is 10.6 Å². The molecule has 0 radical (unpaired) electrons. The van der Waals surface area contributed by atoms with E-state index >= 15 is 0 Å². The Bertz CT molecular complexity index is 1240. The van der Waals surface area contributed by atoms with Crippen LogP contribution in [0.1, 0.15) is 38.2 Å². The SMILES string of the molecule is CC[C@H]1CCCCN1C(=O)CSc1nc2ccccc2c(=O)n1Cc1ccc2c(c1)OCO2. The van der Waals surface area contributed by atoms with Gasteiger partial charge in [0.25, 0.3) is 5.56 Å². The van der Waals surface area contributed by atoms with E-state index in [4.69, 9.17) is 14.5 Å². The molecule has 5 rings (SSSR count). The molecule has 1 saturated heterocycles. The van der Waals surface area contributed by atoms with Crippen LogP contribution in [0.2, 0.25) is 0 Å². The van der Waals surface area contributed by atoms with E-state index in [0.717, 1.165) is 31.4 Å². The normalized spacial score (nSPS) is 17.5. The highest BCUT2D eigenvalue weighted by Crippen LogP contribution is 2.33. The first-order valence-corrected chi connectivity index (χ1v) is 12.4. The molecule has 33 heavy (non-hydrogen) atoms. The van der Waals surface area contributed by atoms with E-state index in [2.05, 4.69) is 6.92 Å². The predicted octanol–water partition coefficient (Wildman–Crippen LogP) is 4.06. The van der Waals surface area contributed by atoms with Gasteiger partial charge >= 0.3 is 0 Å². The van der Waals surface area contributed by atoms with Crippen molar-refractivity contribution in [1.29, 1.82) is 0 Å². The second-order valence-corrected chi connectivity index (χ2v) is 9.37. The zero-order valence-electron chi connectivity index (χ0n) is 18.7. The van der Waals surface area contributed by atoms with Crippen LogP contribution in [0.25, 0.3) is 10.9 Å². The maximum atomic E-state index is 13.4. The van der Waals surface area contributed by atoms with Crippen LogP contribution < -0.4 is 15.0 Å². The van der Waals surface area contributed by atoms with E-state index in [1.165, 1.54) is 18.2 Å². The number of rotatable bonds is 6. The van der Waals surface area contributed by atoms with Crippen molar-refractivity contribution in [3.8, 4) is 11.5 Å². The minimum absolute atomic E-state index is 0.113. The molecule has 0 unspecified atom stereocenters. The van der Waals surface area contributed by atoms with Crippen molar-refractivity contribution in [2.45, 2.75) is 50.4 Å². The minimum atomic E-state index is -0.113. The fourth-order valence-electron chi connectivity index (χ4n) is 4.58. The van der Waals surface area contributed by atoms with Gasteiger partial charge in [-0.05, 0) is 55.5 Å². The maximum absolute atomic E-state index is 13.4. The highest BCUT2D eigenvalue weighted by Gasteiger charge is 2.26. The van der Waals surface area contributed by atoms with Crippen LogP contribution in [-0.2, 0) is 11.3 Å². The second-order valence-electron chi connectivity index (χ2n) is 8.42. The number of benzene rings is 2. The highest BCUT2D eigenvalue weighted by molar-refractivity contribution is 7.99. The molecule has 1 amide bonds. The molecule has 8 heteroatoms. The van der Waals surface area contributed by atoms with Gasteiger partial charge in [0.05, 0.1) is 23.2 Å². The average molecular weight is 466 g/mol. The number of amides is 1. The number of hydrogen-bond acceptors (Lipinski definition) is 6. The summed E-state index contributed by atoms with van der Waals surface area (Å²) in [6.45, 7) is 3.49. The van der Waals surface area contributed by atoms with Gasteiger partial charge in [-0.3, -0.25) is 14.2 Å². The lowest BCUT2D eigenvalue weighted by Crippen LogP contribution is -2.44. The topological polar surface area (TPSA) is 73.7 Å². The van der Waals surface area contributed by atoms with Gasteiger partial charge in [0.15, 0.2) is 16.7 Å². The summed E-state index contributed by atoms with van der Waals surface area (Å²) in [6, 6.07) is 13.3. The average Bonchev–Trinajstić information content (AvgIpc) is 3.32. The fourth-order valence-corrected chi connectivity index (χ4v) is 5.47. The number of likely N-dealkylation sites (tertiary alicyclic amines) is 1. The number of hydrogen-bond donors (Lipinski definition) is 0. The van der Waals surface area contributed by atoms with Crippen molar-refractivity contribution >= 4 is 28.6 Å². The van der Waals surface area contributed by atoms with Crippen LogP contribution >= 0.6 is 11.8 Å². The number of thioether (sulfide) groups is 1. The molecule has 1 atom stereocenters. The third kappa shape index (κ3) is 4.44. The first-order chi connectivity index (χ1) is 16.1. The molecule has 0 spiro atoms. The molecule has 1 fully saturated rings. The van der Waals surface area contributed by atoms with Gasteiger partial charge in [-0.15, -0.1) is 0 Å². The number of nitrogens with zero attached hydrogens (tertiary/aromatic N) is 3. The van der Waals surface area contributed by atoms with Crippen molar-refractivity contribution < 1.29 is 14.3 Å². The lowest BCUT2D eigenvalue weighted by Gasteiger charge is -2.35. The van der Waals surface area contributed by atoms with Gasteiger partial charge < -0.3 is 14.4 Å². The van der Waals surface area contributed by atoms with E-state index in [-0.39, 0.29) is 24.0 Å². The molecule has 2 aliphatic rings. The summed E-state index contributed by atoms with van der Waals surface area (Å²) in [4.78, 5) is 33.2. The third-order valence-corrected chi connectivity index (χ3v) is 7.31. The standard InChI is InChI=1S/C25H27N3O4S/c1-2-18-7-5-6-12-27(18)23(29)15-33-25-26-20-9-4-3-8-19(20)24(30)28(25)14-17-10-11-21-22(13-17)32-16-31-21/h3-4,8-11,13,18H,2,5-7,12,14-16H2,1H3/t18-/m0/s1. The molecule has 0 bridgehead atoms. The summed E-state index contributed by atoms with van der Waals surface area (Å²) in [5.74, 6) is 1.76. The molecule has 1 aromatic heterocycles. The molecule has 0 N–H and O–H groups in total. The summed E-state index contributed by atoms with van der Waals surface area (Å²) in [5, 5.41) is 1.12. The van der Waals surface area contributed by atoms with Crippen LogP contribution in [-0.4, -0.2) is 45.5 Å². The van der Waals surface area contributed by atoms with Crippen LogP contribution in [0, 0.1) is 0 Å². The number of carbonyl (C=O) groups is 1. The molecule has 2 aliphatic heterocycles. The van der Waals surface area contributed by atoms with Gasteiger partial charge in [0, 0.05) is 12.6 Å². The summed E-state index contributed by atoms with van der Waals surface area (Å²) in [7, 11) is 0. The summed E-state index contributed by atoms with van der Waals surface area (Å²) in [5.41, 5.74) is 1.44. The van der Waals surface area contributed by atoms with Crippen molar-refractivity contribution in [2.75, 3.05) is 19.1 Å². The number of ether oxygens (including phenoxy) is 2. The van der Waals surface area contributed by atoms with Crippen LogP contribution in [0.5, 0.6) is 11.5 Å². The zero-order valence-corrected chi connectivity index (χ0v) is 19.5. The Morgan fingerprint density at radius 3 is 2.88 bits per heavy atom. The van der Waals surface area contributed by atoms with Gasteiger partial charge in [-0.2, -0.15) is 0 Å². The Morgan fingerprint density at radius 2 is 2.00 bits per heavy atom. The highest BCUT2D eigenvalue weighted by atomic mass is 32.2. The molecular weight excluding hydrogens is 438 g/mol. The Morgan fingerprint density at radius 1 is 1.15 bits per heavy atom. The van der Waals surface area contributed by atoms with Crippen LogP contribution in [0.3, 0.4) is 0 Å². The summed E-state index contributed by atoms with van der Waals surface area (Å²) >= 11 is 1.34. The molecule has 0 aliphatic carbocycles. The predicted molar refractivity (Wildman–Crippen MR) is 128 cm³/mol. The van der Waals surface area contributed by atoms with E-state index in [0.29, 0.717) is 40.1 Å². The van der Waals surface area contributed by atoms with Crippen molar-refractivity contribution in [3.63, 3.8) is 0 Å². The zero-order chi connectivity index (χ0) is 22.8. The quantitative estimate of drug-likeness (QED) is 0.404. The molecule has 7 nitrogen and oxygen atoms in total. The number of para-hydroxylation sites is 1. The molecule has 3 aromatic rings. The van der Waals surface area contributed by atoms with Gasteiger partial charge in [0.1, 0.15) is 0 Å². The smallest absolute Gasteiger partial charge is 0.262 e. The summed E-state index contributed by atoms with van der Waals surface area (Å²) in [6.07, 6.45) is 4.27. The number of fused-ring (bicyclic) bond motifs is 2. The van der Waals surface area contributed by atoms with Gasteiger partial charge in [-0.25, -0.2) is 4.98 Å². The Kier molecular flexibility index (Phi) is 6.26. The Balaban J connectivity index is 1.44. The first kappa shape index (κ1) is 21.8. The Hall–Kier alpha value is -3.00. The first-order valence-electron chi connectivity index (χ1n) is 11.4. The molecular formula is C25H27N3O4S. The van der Waals surface area contributed by atoms with Crippen LogP contribution in [0.15, 0.2) is 52.4 Å². The molecule has 3 heterocycles. The second kappa shape index (κ2) is 9.47. The molecule has 2 aromatic carbocycles. The molecule has 172 valence electrons. The van der Waals surface area contributed by atoms with Crippen molar-refractivity contribution in [2.24, 2.45) is 0 Å². The Labute approximate surface area is 196 Å². The summed E-state index contributed by atoms with van der Waals surface area (Å²) < 4.78 is 12.6. The minimum Gasteiger partial charge on any atom is -0.454 e. The van der Waals surface area contributed by atoms with Crippen molar-refractivity contribution in [3.05, 3.63) is 58.4 Å². The van der Waals surface area contributed by atoms with E-state index in [9.17, 15) is 9.59 Å². The van der Waals surface area contributed by atoms with Crippen molar-refractivity contribution in [1.82, 2.24) is 14.5 Å². The van der Waals surface area contributed by atoms with E-state index < -0.39 is 0 Å². The van der Waals surface area contributed by atoms with Gasteiger partial charge in [-0.1, -0.05) is 36.9 Å². The number of aromatic nitrogens is 2. The number of piperidine rings is 1. The monoisotopic (exact) mass is 465 g/mol. The fraction of sp³-hybridized carbons (Fsp3) is 0.400. The van der Waals surface area contributed by atoms with Crippen LogP contribution in [0.4, 0.5) is 0 Å². The van der Waals surface area contributed by atoms with Gasteiger partial charge in [0.2, 0.25) is 12.7 Å². The number of carbonyl (C=O) groups excluding carboxylic acids is 1. The molecule has 0 saturated carbocycles. The maximum Gasteiger partial charge on any atom is 0.262 e. The van der Waals surface area contributed by atoms with E-state index in [1.807, 2.05) is 41.3 Å². The third-order valence-electron chi connectivity index (χ3n) is 6.35. The largest absolute Gasteiger partial charge is 0.454 e. The lowest BCUT2D eigenvalue weighted by molar-refractivity contribution is -0.132.